The van der Waals surface area contributed by atoms with Crippen molar-refractivity contribution in [2.45, 2.75) is 6.23 Å². The average Bonchev–Trinajstić information content (AvgIpc) is 2.61. The van der Waals surface area contributed by atoms with Gasteiger partial charge in [0.25, 0.3) is 0 Å². The molecule has 0 spiro atoms. The fourth-order valence-electron chi connectivity index (χ4n) is 2.69. The number of ether oxygens (including phenoxy) is 1. The van der Waals surface area contributed by atoms with E-state index in [1.54, 1.807) is 0 Å². The second-order valence-electron chi connectivity index (χ2n) is 5.21. The van der Waals surface area contributed by atoms with Crippen LogP contribution < -0.4 is 0 Å². The van der Waals surface area contributed by atoms with E-state index >= 15 is 0 Å². The minimum absolute atomic E-state index is 0.651. The second-order valence-corrected chi connectivity index (χ2v) is 5.21. The molecular formula is C18H12N4O. The van der Waals surface area contributed by atoms with Crippen molar-refractivity contribution in [3.05, 3.63) is 87.9 Å². The van der Waals surface area contributed by atoms with Gasteiger partial charge in [0.1, 0.15) is 5.76 Å². The van der Waals surface area contributed by atoms with Crippen LogP contribution in [-0.4, -0.2) is 4.98 Å². The van der Waals surface area contributed by atoms with E-state index in [4.69, 9.17) is 10.3 Å². The molecule has 5 heteroatoms. The normalized spacial score (nSPS) is 16.0. The highest BCUT2D eigenvalue weighted by Crippen LogP contribution is 2.37. The van der Waals surface area contributed by atoms with Crippen LogP contribution in [0.1, 0.15) is 23.0 Å². The summed E-state index contributed by atoms with van der Waals surface area (Å²) in [6.07, 6.45) is 1.17. The maximum absolute atomic E-state index is 8.85. The minimum Gasteiger partial charge on any atom is -0.479 e. The number of benzene rings is 2. The van der Waals surface area contributed by atoms with Gasteiger partial charge in [0, 0.05) is 27.5 Å². The fourth-order valence-corrected chi connectivity index (χ4v) is 2.69. The lowest BCUT2D eigenvalue weighted by atomic mass is 10.0. The molecule has 0 radical (unpaired) electrons. The Hall–Kier alpha value is -3.30. The molecule has 23 heavy (non-hydrogen) atoms. The standard InChI is InChI=1S/C18H12N4O/c19-22-21-18-14-10-13-8-4-5-9-15(13)20-16(14)11-17(23-18)12-6-2-1-3-7-12/h1-11,18H. The highest BCUT2D eigenvalue weighted by atomic mass is 16.5. The number of fused-ring (bicyclic) bond motifs is 2. The number of para-hydroxylation sites is 1. The lowest BCUT2D eigenvalue weighted by molar-refractivity contribution is 0.174. The highest BCUT2D eigenvalue weighted by molar-refractivity contribution is 5.85. The summed E-state index contributed by atoms with van der Waals surface area (Å²) in [5.74, 6) is 0.651. The average molecular weight is 300 g/mol. The molecule has 3 aromatic rings. The van der Waals surface area contributed by atoms with Crippen molar-refractivity contribution >= 4 is 22.7 Å². The molecule has 2 aromatic carbocycles. The first-order valence-electron chi connectivity index (χ1n) is 7.23. The van der Waals surface area contributed by atoms with Gasteiger partial charge < -0.3 is 4.74 Å². The quantitative estimate of drug-likeness (QED) is 0.376. The predicted molar refractivity (Wildman–Crippen MR) is 89.0 cm³/mol. The van der Waals surface area contributed by atoms with Crippen molar-refractivity contribution in [2.24, 2.45) is 5.11 Å². The van der Waals surface area contributed by atoms with Gasteiger partial charge in [0.05, 0.1) is 11.2 Å². The first-order valence-corrected chi connectivity index (χ1v) is 7.23. The third kappa shape index (κ3) is 2.39. The lowest BCUT2D eigenvalue weighted by Gasteiger charge is -2.24. The summed E-state index contributed by atoms with van der Waals surface area (Å²) in [7, 11) is 0. The second kappa shape index (κ2) is 5.48. The first kappa shape index (κ1) is 13.4. The van der Waals surface area contributed by atoms with Gasteiger partial charge in [0.2, 0.25) is 6.23 Å². The van der Waals surface area contributed by atoms with E-state index in [-0.39, 0.29) is 0 Å². The van der Waals surface area contributed by atoms with E-state index in [9.17, 15) is 0 Å². The van der Waals surface area contributed by atoms with E-state index in [0.717, 1.165) is 27.7 Å². The monoisotopic (exact) mass is 300 g/mol. The van der Waals surface area contributed by atoms with Crippen LogP contribution in [0, 0.1) is 0 Å². The molecule has 5 nitrogen and oxygen atoms in total. The van der Waals surface area contributed by atoms with Gasteiger partial charge in [-0.05, 0) is 22.8 Å². The van der Waals surface area contributed by atoms with Crippen molar-refractivity contribution in [2.75, 3.05) is 0 Å². The maximum Gasteiger partial charge on any atom is 0.204 e. The van der Waals surface area contributed by atoms with Gasteiger partial charge in [-0.1, -0.05) is 48.5 Å². The number of nitrogens with zero attached hydrogens (tertiary/aromatic N) is 4. The number of rotatable bonds is 2. The smallest absolute Gasteiger partial charge is 0.204 e. The van der Waals surface area contributed by atoms with Crippen LogP contribution in [0.25, 0.3) is 33.2 Å². The Morgan fingerprint density at radius 1 is 1.04 bits per heavy atom. The number of pyridine rings is 1. The molecule has 4 rings (SSSR count). The molecule has 0 aliphatic carbocycles. The van der Waals surface area contributed by atoms with E-state index in [1.165, 1.54) is 0 Å². The van der Waals surface area contributed by atoms with Gasteiger partial charge in [-0.3, -0.25) is 0 Å². The summed E-state index contributed by atoms with van der Waals surface area (Å²) in [5, 5.41) is 4.78. The van der Waals surface area contributed by atoms with Crippen LogP contribution in [0.5, 0.6) is 0 Å². The van der Waals surface area contributed by atoms with E-state index in [2.05, 4.69) is 15.0 Å². The van der Waals surface area contributed by atoms with E-state index in [1.807, 2.05) is 66.7 Å². The molecule has 0 N–H and O–H groups in total. The van der Waals surface area contributed by atoms with E-state index in [0.29, 0.717) is 5.76 Å². The van der Waals surface area contributed by atoms with Gasteiger partial charge in [-0.2, -0.15) is 0 Å². The third-order valence-electron chi connectivity index (χ3n) is 3.77. The zero-order valence-corrected chi connectivity index (χ0v) is 12.1. The largest absolute Gasteiger partial charge is 0.479 e. The summed E-state index contributed by atoms with van der Waals surface area (Å²) in [4.78, 5) is 7.60. The molecule has 0 saturated heterocycles. The number of aromatic nitrogens is 1. The molecule has 0 fully saturated rings. The van der Waals surface area contributed by atoms with Crippen molar-refractivity contribution in [1.82, 2.24) is 4.98 Å². The Morgan fingerprint density at radius 2 is 1.83 bits per heavy atom. The van der Waals surface area contributed by atoms with Crippen LogP contribution in [0.2, 0.25) is 0 Å². The zero-order valence-electron chi connectivity index (χ0n) is 12.1. The molecule has 1 aliphatic rings. The van der Waals surface area contributed by atoms with Crippen LogP contribution in [0.3, 0.4) is 0 Å². The van der Waals surface area contributed by atoms with Crippen molar-refractivity contribution < 1.29 is 4.74 Å². The molecule has 0 bridgehead atoms. The van der Waals surface area contributed by atoms with Gasteiger partial charge in [-0.25, -0.2) is 4.98 Å². The first-order chi connectivity index (χ1) is 11.3. The number of hydrogen-bond acceptors (Lipinski definition) is 3. The van der Waals surface area contributed by atoms with Crippen molar-refractivity contribution in [3.63, 3.8) is 0 Å². The van der Waals surface area contributed by atoms with Gasteiger partial charge >= 0.3 is 0 Å². The predicted octanol–water partition coefficient (Wildman–Crippen LogP) is 5.07. The molecule has 1 aromatic heterocycles. The summed E-state index contributed by atoms with van der Waals surface area (Å²) in [6, 6.07) is 19.5. The zero-order chi connectivity index (χ0) is 15.6. The number of hydrogen-bond donors (Lipinski definition) is 0. The molecule has 110 valence electrons. The van der Waals surface area contributed by atoms with Crippen LogP contribution >= 0.6 is 0 Å². The third-order valence-corrected chi connectivity index (χ3v) is 3.77. The molecule has 1 unspecified atom stereocenters. The highest BCUT2D eigenvalue weighted by Gasteiger charge is 2.24. The molecular weight excluding hydrogens is 288 g/mol. The van der Waals surface area contributed by atoms with Gasteiger partial charge in [-0.15, -0.1) is 0 Å². The summed E-state index contributed by atoms with van der Waals surface area (Å²) >= 11 is 0. The molecule has 1 atom stereocenters. The summed E-state index contributed by atoms with van der Waals surface area (Å²) < 4.78 is 5.89. The molecule has 0 saturated carbocycles. The van der Waals surface area contributed by atoms with Crippen molar-refractivity contribution in [3.8, 4) is 0 Å². The molecule has 1 aliphatic heterocycles. The van der Waals surface area contributed by atoms with Gasteiger partial charge in [0.15, 0.2) is 0 Å². The Morgan fingerprint density at radius 3 is 2.65 bits per heavy atom. The van der Waals surface area contributed by atoms with E-state index < -0.39 is 6.23 Å². The summed E-state index contributed by atoms with van der Waals surface area (Å²) in [5.41, 5.74) is 12.2. The maximum atomic E-state index is 8.85. The van der Waals surface area contributed by atoms with Crippen LogP contribution in [-0.2, 0) is 4.74 Å². The Balaban J connectivity index is 1.93. The lowest BCUT2D eigenvalue weighted by Crippen LogP contribution is -2.09. The minimum atomic E-state index is -0.715. The SMILES string of the molecule is [N-]=[N+]=NC1OC(c2ccccc2)=Cc2nc3ccccc3cc21. The molecule has 2 heterocycles. The Kier molecular flexibility index (Phi) is 3.18. The fraction of sp³-hybridized carbons (Fsp3) is 0.0556. The van der Waals surface area contributed by atoms with Crippen LogP contribution in [0.15, 0.2) is 65.8 Å². The van der Waals surface area contributed by atoms with Crippen molar-refractivity contribution in [1.29, 1.82) is 0 Å². The van der Waals surface area contributed by atoms with Crippen LogP contribution in [0.4, 0.5) is 0 Å². The Labute approximate surface area is 132 Å². The summed E-state index contributed by atoms with van der Waals surface area (Å²) in [6.45, 7) is 0. The topological polar surface area (TPSA) is 70.9 Å². The Bertz CT molecular complexity index is 959. The molecule has 0 amide bonds. The number of azide groups is 1.